The molecule has 0 saturated carbocycles. The molecular weight excluding hydrogens is 444 g/mol. The van der Waals surface area contributed by atoms with Crippen LogP contribution in [-0.2, 0) is 5.75 Å². The van der Waals surface area contributed by atoms with Gasteiger partial charge in [-0.15, -0.1) is 11.8 Å². The van der Waals surface area contributed by atoms with E-state index in [-0.39, 0.29) is 5.78 Å². The number of rotatable bonds is 5. The number of fused-ring (bicyclic) bond motifs is 1. The second kappa shape index (κ2) is 7.93. The van der Waals surface area contributed by atoms with Gasteiger partial charge in [0.2, 0.25) is 5.78 Å². The molecule has 4 aromatic rings. The van der Waals surface area contributed by atoms with Gasteiger partial charge in [0.25, 0.3) is 0 Å². The Kier molecular flexibility index (Phi) is 5.39. The Bertz CT molecular complexity index is 1100. The molecule has 1 heterocycles. The Morgan fingerprint density at radius 2 is 1.67 bits per heavy atom. The van der Waals surface area contributed by atoms with E-state index in [2.05, 4.69) is 28.1 Å². The van der Waals surface area contributed by atoms with E-state index in [9.17, 15) is 4.79 Å². The summed E-state index contributed by atoms with van der Waals surface area (Å²) in [5.74, 6) is 0.908. The minimum atomic E-state index is -0.130. The highest BCUT2D eigenvalue weighted by molar-refractivity contribution is 9.10. The van der Waals surface area contributed by atoms with Crippen LogP contribution >= 0.6 is 39.3 Å². The van der Waals surface area contributed by atoms with Crippen LogP contribution in [0.2, 0.25) is 5.02 Å². The Labute approximate surface area is 174 Å². The number of halogens is 2. The van der Waals surface area contributed by atoms with E-state index >= 15 is 0 Å². The van der Waals surface area contributed by atoms with E-state index in [1.807, 2.05) is 36.4 Å². The molecule has 0 N–H and O–H groups in total. The fourth-order valence-corrected chi connectivity index (χ4v) is 4.16. The average Bonchev–Trinajstić information content (AvgIpc) is 3.06. The van der Waals surface area contributed by atoms with Crippen molar-refractivity contribution >= 4 is 56.0 Å². The highest BCUT2D eigenvalue weighted by Gasteiger charge is 2.21. The number of benzene rings is 3. The maximum absolute atomic E-state index is 13.1. The molecular formula is C22H14BrClO2S. The standard InChI is InChI=1S/C22H14BrClO2S/c23-15-7-11-17(12-8-15)27-13-19-18-3-1-2-4-20(18)26-22(19)21(25)14-5-9-16(24)10-6-14/h1-12H,13H2. The maximum Gasteiger partial charge on any atom is 0.228 e. The SMILES string of the molecule is O=C(c1ccc(Cl)cc1)c1oc2ccccc2c1CSc1ccc(Br)cc1. The smallest absolute Gasteiger partial charge is 0.228 e. The summed E-state index contributed by atoms with van der Waals surface area (Å²) in [6.45, 7) is 0. The molecule has 0 aliphatic rings. The molecule has 134 valence electrons. The molecule has 3 aromatic carbocycles. The number of para-hydroxylation sites is 1. The molecule has 0 aliphatic carbocycles. The van der Waals surface area contributed by atoms with E-state index < -0.39 is 0 Å². The average molecular weight is 458 g/mol. The van der Waals surface area contributed by atoms with Gasteiger partial charge in [-0.1, -0.05) is 45.7 Å². The molecule has 0 atom stereocenters. The largest absolute Gasteiger partial charge is 0.452 e. The summed E-state index contributed by atoms with van der Waals surface area (Å²) in [7, 11) is 0. The molecule has 0 radical (unpaired) electrons. The van der Waals surface area contributed by atoms with Gasteiger partial charge < -0.3 is 4.42 Å². The van der Waals surface area contributed by atoms with Gasteiger partial charge in [-0.25, -0.2) is 0 Å². The van der Waals surface area contributed by atoms with Crippen molar-refractivity contribution in [3.63, 3.8) is 0 Å². The van der Waals surface area contributed by atoms with Gasteiger partial charge in [0, 0.05) is 36.7 Å². The minimum absolute atomic E-state index is 0.130. The first kappa shape index (κ1) is 18.4. The molecule has 0 spiro atoms. The number of hydrogen-bond donors (Lipinski definition) is 0. The second-order valence-corrected chi connectivity index (χ2v) is 8.39. The van der Waals surface area contributed by atoms with E-state index in [0.29, 0.717) is 22.1 Å². The van der Waals surface area contributed by atoms with Crippen LogP contribution in [0.5, 0.6) is 0 Å². The molecule has 0 fully saturated rings. The minimum Gasteiger partial charge on any atom is -0.452 e. The summed E-state index contributed by atoms with van der Waals surface area (Å²) in [4.78, 5) is 14.2. The van der Waals surface area contributed by atoms with Crippen molar-refractivity contribution in [2.75, 3.05) is 0 Å². The lowest BCUT2D eigenvalue weighted by molar-refractivity contribution is 0.101. The summed E-state index contributed by atoms with van der Waals surface area (Å²) in [5.41, 5.74) is 2.20. The van der Waals surface area contributed by atoms with Gasteiger partial charge in [-0.3, -0.25) is 4.79 Å². The summed E-state index contributed by atoms with van der Waals surface area (Å²) in [5, 5.41) is 1.57. The molecule has 0 amide bonds. The number of carbonyl (C=O) groups excluding carboxylic acids is 1. The van der Waals surface area contributed by atoms with Gasteiger partial charge in [-0.2, -0.15) is 0 Å². The Morgan fingerprint density at radius 3 is 2.41 bits per heavy atom. The van der Waals surface area contributed by atoms with Crippen LogP contribution in [0.25, 0.3) is 11.0 Å². The number of ketones is 1. The molecule has 27 heavy (non-hydrogen) atoms. The first-order valence-electron chi connectivity index (χ1n) is 8.31. The molecule has 0 saturated heterocycles. The first-order valence-corrected chi connectivity index (χ1v) is 10.5. The van der Waals surface area contributed by atoms with Crippen LogP contribution in [0, 0.1) is 0 Å². The zero-order chi connectivity index (χ0) is 18.8. The van der Waals surface area contributed by atoms with Crippen molar-refractivity contribution in [3.8, 4) is 0 Å². The van der Waals surface area contributed by atoms with Gasteiger partial charge in [0.15, 0.2) is 5.76 Å². The summed E-state index contributed by atoms with van der Waals surface area (Å²) < 4.78 is 6.99. The Hall–Kier alpha value is -2.01. The Balaban J connectivity index is 1.71. The first-order chi connectivity index (χ1) is 13.1. The highest BCUT2D eigenvalue weighted by atomic mass is 79.9. The zero-order valence-electron chi connectivity index (χ0n) is 14.1. The van der Waals surface area contributed by atoms with Crippen LogP contribution in [0.4, 0.5) is 0 Å². The second-order valence-electron chi connectivity index (χ2n) is 5.98. The third kappa shape index (κ3) is 3.98. The molecule has 0 unspecified atom stereocenters. The zero-order valence-corrected chi connectivity index (χ0v) is 17.3. The lowest BCUT2D eigenvalue weighted by Crippen LogP contribution is -2.02. The van der Waals surface area contributed by atoms with Gasteiger partial charge in [-0.05, 0) is 54.6 Å². The van der Waals surface area contributed by atoms with Crippen molar-refractivity contribution < 1.29 is 9.21 Å². The molecule has 5 heteroatoms. The fraction of sp³-hybridized carbons (Fsp3) is 0.0455. The number of carbonyl (C=O) groups is 1. The van der Waals surface area contributed by atoms with Gasteiger partial charge in [0.1, 0.15) is 5.58 Å². The van der Waals surface area contributed by atoms with Crippen LogP contribution < -0.4 is 0 Å². The monoisotopic (exact) mass is 456 g/mol. The highest BCUT2D eigenvalue weighted by Crippen LogP contribution is 2.33. The van der Waals surface area contributed by atoms with E-state index in [0.717, 1.165) is 25.9 Å². The van der Waals surface area contributed by atoms with Crippen LogP contribution in [-0.4, -0.2) is 5.78 Å². The normalized spacial score (nSPS) is 11.0. The van der Waals surface area contributed by atoms with Crippen molar-refractivity contribution in [2.45, 2.75) is 10.6 Å². The van der Waals surface area contributed by atoms with Crippen LogP contribution in [0.3, 0.4) is 0 Å². The maximum atomic E-state index is 13.1. The van der Waals surface area contributed by atoms with Gasteiger partial charge >= 0.3 is 0 Å². The fourth-order valence-electron chi connectivity index (χ4n) is 2.84. The lowest BCUT2D eigenvalue weighted by atomic mass is 10.0. The summed E-state index contributed by atoms with van der Waals surface area (Å²) in [6.07, 6.45) is 0. The predicted octanol–water partition coefficient (Wildman–Crippen LogP) is 7.37. The van der Waals surface area contributed by atoms with Crippen molar-refractivity contribution in [1.82, 2.24) is 0 Å². The van der Waals surface area contributed by atoms with Crippen molar-refractivity contribution in [2.24, 2.45) is 0 Å². The molecule has 0 aliphatic heterocycles. The van der Waals surface area contributed by atoms with E-state index in [4.69, 9.17) is 16.0 Å². The summed E-state index contributed by atoms with van der Waals surface area (Å²) in [6, 6.07) is 22.8. The molecule has 2 nitrogen and oxygen atoms in total. The van der Waals surface area contributed by atoms with Crippen molar-refractivity contribution in [1.29, 1.82) is 0 Å². The number of thioether (sulfide) groups is 1. The van der Waals surface area contributed by atoms with Crippen LogP contribution in [0.15, 0.2) is 86.6 Å². The van der Waals surface area contributed by atoms with E-state index in [1.54, 1.807) is 36.0 Å². The number of furan rings is 1. The topological polar surface area (TPSA) is 30.2 Å². The van der Waals surface area contributed by atoms with Crippen LogP contribution in [0.1, 0.15) is 21.7 Å². The summed E-state index contributed by atoms with van der Waals surface area (Å²) >= 11 is 11.1. The molecule has 4 rings (SSSR count). The third-order valence-corrected chi connectivity index (χ3v) is 6.03. The molecule has 0 bridgehead atoms. The number of hydrogen-bond acceptors (Lipinski definition) is 3. The van der Waals surface area contributed by atoms with Gasteiger partial charge in [0.05, 0.1) is 0 Å². The molecule has 1 aromatic heterocycles. The third-order valence-electron chi connectivity index (χ3n) is 4.21. The van der Waals surface area contributed by atoms with E-state index in [1.165, 1.54) is 0 Å². The lowest BCUT2D eigenvalue weighted by Gasteiger charge is -2.04. The predicted molar refractivity (Wildman–Crippen MR) is 115 cm³/mol. The Morgan fingerprint density at radius 1 is 0.963 bits per heavy atom. The quantitative estimate of drug-likeness (QED) is 0.231. The van der Waals surface area contributed by atoms with Crippen molar-refractivity contribution in [3.05, 3.63) is 99.2 Å².